The maximum absolute atomic E-state index is 9.41. The highest BCUT2D eigenvalue weighted by molar-refractivity contribution is 7.99. The fourth-order valence-electron chi connectivity index (χ4n) is 1.84. The zero-order chi connectivity index (χ0) is 10.4. The fraction of sp³-hybridized carbons (Fsp3) is 1.00. The molecule has 1 atom stereocenters. The summed E-state index contributed by atoms with van der Waals surface area (Å²) in [5, 5.41) is 13.0. The highest BCUT2D eigenvalue weighted by Gasteiger charge is 2.26. The van der Waals surface area contributed by atoms with Crippen LogP contribution in [-0.2, 0) is 0 Å². The third-order valence-electron chi connectivity index (χ3n) is 3.53. The van der Waals surface area contributed by atoms with Crippen molar-refractivity contribution in [1.29, 1.82) is 0 Å². The van der Waals surface area contributed by atoms with Crippen LogP contribution in [0.1, 0.15) is 33.1 Å². The molecule has 1 aliphatic heterocycles. The average Bonchev–Trinajstić information content (AvgIpc) is 2.74. The second-order valence-electron chi connectivity index (χ2n) is 4.31. The van der Waals surface area contributed by atoms with Gasteiger partial charge in [-0.05, 0) is 25.0 Å². The zero-order valence-electron chi connectivity index (χ0n) is 9.38. The number of hydrogen-bond acceptors (Lipinski definition) is 3. The molecule has 1 aliphatic rings. The van der Waals surface area contributed by atoms with Crippen LogP contribution in [0.15, 0.2) is 0 Å². The summed E-state index contributed by atoms with van der Waals surface area (Å²) in [7, 11) is 0. The van der Waals surface area contributed by atoms with Crippen molar-refractivity contribution in [1.82, 2.24) is 5.32 Å². The Morgan fingerprint density at radius 3 is 2.57 bits per heavy atom. The number of rotatable bonds is 6. The van der Waals surface area contributed by atoms with Gasteiger partial charge in [0.1, 0.15) is 0 Å². The molecule has 0 aromatic carbocycles. The van der Waals surface area contributed by atoms with Crippen LogP contribution in [0, 0.1) is 5.41 Å². The third kappa shape index (κ3) is 3.14. The minimum atomic E-state index is 0.118. The largest absolute Gasteiger partial charge is 0.396 e. The Morgan fingerprint density at radius 1 is 1.43 bits per heavy atom. The zero-order valence-corrected chi connectivity index (χ0v) is 10.2. The molecule has 0 amide bonds. The van der Waals surface area contributed by atoms with E-state index in [9.17, 15) is 5.11 Å². The van der Waals surface area contributed by atoms with E-state index in [0.717, 1.165) is 19.4 Å². The van der Waals surface area contributed by atoms with Gasteiger partial charge in [-0.2, -0.15) is 11.8 Å². The predicted molar refractivity (Wildman–Crippen MR) is 63.8 cm³/mol. The molecule has 84 valence electrons. The molecule has 0 bridgehead atoms. The number of thioether (sulfide) groups is 1. The van der Waals surface area contributed by atoms with Gasteiger partial charge in [0.05, 0.1) is 0 Å². The fourth-order valence-corrected chi connectivity index (χ4v) is 3.02. The monoisotopic (exact) mass is 217 g/mol. The van der Waals surface area contributed by atoms with Gasteiger partial charge in [0.2, 0.25) is 0 Å². The van der Waals surface area contributed by atoms with Gasteiger partial charge in [0.25, 0.3) is 0 Å². The lowest BCUT2D eigenvalue weighted by Crippen LogP contribution is -2.41. The van der Waals surface area contributed by atoms with Crippen molar-refractivity contribution in [2.45, 2.75) is 39.2 Å². The maximum atomic E-state index is 9.41. The van der Waals surface area contributed by atoms with E-state index in [0.29, 0.717) is 12.6 Å². The van der Waals surface area contributed by atoms with Gasteiger partial charge in [0.15, 0.2) is 0 Å². The topological polar surface area (TPSA) is 32.3 Å². The summed E-state index contributed by atoms with van der Waals surface area (Å²) in [6.07, 6.45) is 3.42. The normalized spacial score (nSPS) is 22.9. The Labute approximate surface area is 91.9 Å². The summed E-state index contributed by atoms with van der Waals surface area (Å²) in [6, 6.07) is 0.684. The molecule has 1 unspecified atom stereocenters. The summed E-state index contributed by atoms with van der Waals surface area (Å²) in [4.78, 5) is 0. The van der Waals surface area contributed by atoms with Crippen LogP contribution in [0.4, 0.5) is 0 Å². The Bertz CT molecular complexity index is 145. The van der Waals surface area contributed by atoms with E-state index >= 15 is 0 Å². The molecule has 0 aromatic heterocycles. The second kappa shape index (κ2) is 5.99. The van der Waals surface area contributed by atoms with Crippen LogP contribution in [0.5, 0.6) is 0 Å². The van der Waals surface area contributed by atoms with Gasteiger partial charge in [-0.1, -0.05) is 13.8 Å². The molecule has 0 aliphatic carbocycles. The lowest BCUT2D eigenvalue weighted by Gasteiger charge is -2.31. The highest BCUT2D eigenvalue weighted by Crippen LogP contribution is 2.25. The van der Waals surface area contributed by atoms with Gasteiger partial charge >= 0.3 is 0 Å². The Balaban J connectivity index is 2.31. The molecule has 2 N–H and O–H groups in total. The molecule has 0 saturated carbocycles. The molecule has 3 heteroatoms. The van der Waals surface area contributed by atoms with Crippen molar-refractivity contribution >= 4 is 11.8 Å². The van der Waals surface area contributed by atoms with E-state index in [1.165, 1.54) is 17.9 Å². The van der Waals surface area contributed by atoms with Crippen LogP contribution in [0.25, 0.3) is 0 Å². The summed E-state index contributed by atoms with van der Waals surface area (Å²) in [5.41, 5.74) is 0.118. The molecular weight excluding hydrogens is 194 g/mol. The van der Waals surface area contributed by atoms with Crippen molar-refractivity contribution in [3.8, 4) is 0 Å². The number of aliphatic hydroxyl groups excluding tert-OH is 1. The van der Waals surface area contributed by atoms with E-state index in [1.807, 2.05) is 11.8 Å². The van der Waals surface area contributed by atoms with Gasteiger partial charge in [-0.15, -0.1) is 0 Å². The summed E-state index contributed by atoms with van der Waals surface area (Å²) >= 11 is 2.03. The van der Waals surface area contributed by atoms with Crippen molar-refractivity contribution in [2.24, 2.45) is 5.41 Å². The molecule has 1 saturated heterocycles. The van der Waals surface area contributed by atoms with Crippen LogP contribution in [-0.4, -0.2) is 35.8 Å². The first-order chi connectivity index (χ1) is 6.76. The molecule has 1 heterocycles. The smallest absolute Gasteiger partial charge is 0.0499 e. The van der Waals surface area contributed by atoms with Gasteiger partial charge in [0, 0.05) is 30.4 Å². The highest BCUT2D eigenvalue weighted by atomic mass is 32.2. The first-order valence-corrected chi connectivity index (χ1v) is 6.84. The first kappa shape index (κ1) is 12.3. The minimum absolute atomic E-state index is 0.118. The SMILES string of the molecule is CCC(CC)(CO)CNC1CCSC1. The third-order valence-corrected chi connectivity index (χ3v) is 4.69. The summed E-state index contributed by atoms with van der Waals surface area (Å²) < 4.78 is 0. The van der Waals surface area contributed by atoms with Crippen LogP contribution < -0.4 is 5.32 Å². The van der Waals surface area contributed by atoms with Crippen molar-refractivity contribution in [3.63, 3.8) is 0 Å². The van der Waals surface area contributed by atoms with E-state index in [4.69, 9.17) is 0 Å². The van der Waals surface area contributed by atoms with Crippen LogP contribution in [0.3, 0.4) is 0 Å². The Hall–Kier alpha value is 0.270. The molecule has 0 radical (unpaired) electrons. The Kier molecular flexibility index (Phi) is 5.28. The summed E-state index contributed by atoms with van der Waals surface area (Å²) in [5.74, 6) is 2.54. The van der Waals surface area contributed by atoms with E-state index < -0.39 is 0 Å². The maximum Gasteiger partial charge on any atom is 0.0499 e. The molecule has 1 fully saturated rings. The number of hydrogen-bond donors (Lipinski definition) is 2. The Morgan fingerprint density at radius 2 is 2.14 bits per heavy atom. The average molecular weight is 217 g/mol. The van der Waals surface area contributed by atoms with Crippen molar-refractivity contribution in [2.75, 3.05) is 24.7 Å². The van der Waals surface area contributed by atoms with Crippen LogP contribution >= 0.6 is 11.8 Å². The molecule has 14 heavy (non-hydrogen) atoms. The lowest BCUT2D eigenvalue weighted by molar-refractivity contribution is 0.110. The number of nitrogens with one attached hydrogen (secondary N) is 1. The number of aliphatic hydroxyl groups is 1. The molecule has 0 spiro atoms. The van der Waals surface area contributed by atoms with Gasteiger partial charge < -0.3 is 10.4 Å². The first-order valence-electron chi connectivity index (χ1n) is 5.68. The van der Waals surface area contributed by atoms with Crippen molar-refractivity contribution in [3.05, 3.63) is 0 Å². The van der Waals surface area contributed by atoms with E-state index in [1.54, 1.807) is 0 Å². The standard InChI is InChI=1S/C11H23NOS/c1-3-11(4-2,9-13)8-12-10-5-6-14-7-10/h10,12-13H,3-9H2,1-2H3. The molecule has 1 rings (SSSR count). The minimum Gasteiger partial charge on any atom is -0.396 e. The van der Waals surface area contributed by atoms with E-state index in [2.05, 4.69) is 19.2 Å². The second-order valence-corrected chi connectivity index (χ2v) is 5.46. The predicted octanol–water partition coefficient (Wildman–Crippen LogP) is 1.88. The van der Waals surface area contributed by atoms with E-state index in [-0.39, 0.29) is 5.41 Å². The lowest BCUT2D eigenvalue weighted by atomic mass is 9.83. The quantitative estimate of drug-likeness (QED) is 0.712. The molecule has 2 nitrogen and oxygen atoms in total. The van der Waals surface area contributed by atoms with Crippen molar-refractivity contribution < 1.29 is 5.11 Å². The molecular formula is C11H23NOS. The molecule has 0 aromatic rings. The summed E-state index contributed by atoms with van der Waals surface area (Å²) in [6.45, 7) is 5.63. The van der Waals surface area contributed by atoms with Gasteiger partial charge in [-0.3, -0.25) is 0 Å². The van der Waals surface area contributed by atoms with Gasteiger partial charge in [-0.25, -0.2) is 0 Å². The van der Waals surface area contributed by atoms with Crippen LogP contribution in [0.2, 0.25) is 0 Å².